The minimum absolute atomic E-state index is 0.0369. The molecule has 2 saturated heterocycles. The van der Waals surface area contributed by atoms with E-state index < -0.39 is 0 Å². The minimum Gasteiger partial charge on any atom is -0.441 e. The van der Waals surface area contributed by atoms with E-state index in [1.54, 1.807) is 6.92 Å². The molecule has 26 heavy (non-hydrogen) atoms. The number of benzene rings is 1. The highest BCUT2D eigenvalue weighted by Gasteiger charge is 2.28. The molecule has 1 aromatic heterocycles. The Morgan fingerprint density at radius 2 is 1.96 bits per heavy atom. The largest absolute Gasteiger partial charge is 0.441 e. The van der Waals surface area contributed by atoms with Gasteiger partial charge in [0.1, 0.15) is 5.76 Å². The van der Waals surface area contributed by atoms with Crippen molar-refractivity contribution in [1.29, 1.82) is 0 Å². The van der Waals surface area contributed by atoms with Gasteiger partial charge in [-0.05, 0) is 31.9 Å². The van der Waals surface area contributed by atoms with Gasteiger partial charge in [0.2, 0.25) is 5.89 Å². The summed E-state index contributed by atoms with van der Waals surface area (Å²) < 4.78 is 11.5. The molecule has 1 amide bonds. The molecule has 3 heterocycles. The van der Waals surface area contributed by atoms with E-state index in [0.29, 0.717) is 23.4 Å². The summed E-state index contributed by atoms with van der Waals surface area (Å²) in [4.78, 5) is 21.6. The monoisotopic (exact) mass is 355 g/mol. The average Bonchev–Trinajstić information content (AvgIpc) is 3.32. The smallest absolute Gasteiger partial charge is 0.276 e. The topological polar surface area (TPSA) is 58.8 Å². The van der Waals surface area contributed by atoms with E-state index in [2.05, 4.69) is 9.88 Å². The Morgan fingerprint density at radius 3 is 2.65 bits per heavy atom. The first-order chi connectivity index (χ1) is 12.7. The predicted molar refractivity (Wildman–Crippen MR) is 98.0 cm³/mol. The van der Waals surface area contributed by atoms with Gasteiger partial charge in [-0.15, -0.1) is 0 Å². The zero-order valence-electron chi connectivity index (χ0n) is 15.2. The number of carbonyl (C=O) groups excluding carboxylic acids is 1. The maximum absolute atomic E-state index is 12.9. The van der Waals surface area contributed by atoms with Crippen LogP contribution in [0.1, 0.15) is 29.1 Å². The minimum atomic E-state index is -0.0369. The number of ether oxygens (including phenoxy) is 1. The van der Waals surface area contributed by atoms with Gasteiger partial charge in [0.05, 0.1) is 6.10 Å². The highest BCUT2D eigenvalue weighted by molar-refractivity contribution is 5.93. The number of oxazole rings is 1. The maximum atomic E-state index is 12.9. The van der Waals surface area contributed by atoms with Gasteiger partial charge < -0.3 is 14.1 Å². The van der Waals surface area contributed by atoms with Crippen molar-refractivity contribution < 1.29 is 13.9 Å². The Morgan fingerprint density at radius 1 is 1.19 bits per heavy atom. The van der Waals surface area contributed by atoms with Gasteiger partial charge in [-0.2, -0.15) is 0 Å². The Hall–Kier alpha value is -2.18. The predicted octanol–water partition coefficient (Wildman–Crippen LogP) is 2.59. The Bertz CT molecular complexity index is 745. The molecular weight excluding hydrogens is 330 g/mol. The second-order valence-electron chi connectivity index (χ2n) is 7.02. The van der Waals surface area contributed by atoms with Gasteiger partial charge in [0.15, 0.2) is 5.69 Å². The summed E-state index contributed by atoms with van der Waals surface area (Å²) in [6.45, 7) is 6.88. The van der Waals surface area contributed by atoms with Crippen molar-refractivity contribution in [2.24, 2.45) is 0 Å². The van der Waals surface area contributed by atoms with Crippen molar-refractivity contribution in [3.63, 3.8) is 0 Å². The lowest BCUT2D eigenvalue weighted by Crippen LogP contribution is -2.50. The average molecular weight is 355 g/mol. The molecule has 6 nitrogen and oxygen atoms in total. The first kappa shape index (κ1) is 17.2. The maximum Gasteiger partial charge on any atom is 0.276 e. The molecule has 2 aromatic rings. The van der Waals surface area contributed by atoms with Crippen LogP contribution in [0.2, 0.25) is 0 Å². The van der Waals surface area contributed by atoms with E-state index in [-0.39, 0.29) is 5.91 Å². The zero-order chi connectivity index (χ0) is 17.9. The van der Waals surface area contributed by atoms with Crippen molar-refractivity contribution in [2.45, 2.75) is 25.9 Å². The molecule has 1 unspecified atom stereocenters. The normalized spacial score (nSPS) is 21.3. The van der Waals surface area contributed by atoms with Gasteiger partial charge >= 0.3 is 0 Å². The van der Waals surface area contributed by atoms with Crippen LogP contribution < -0.4 is 0 Å². The van der Waals surface area contributed by atoms with E-state index in [4.69, 9.17) is 9.15 Å². The number of rotatable bonds is 4. The number of aryl methyl sites for hydroxylation is 1. The highest BCUT2D eigenvalue weighted by Crippen LogP contribution is 2.23. The summed E-state index contributed by atoms with van der Waals surface area (Å²) in [7, 11) is 0. The van der Waals surface area contributed by atoms with E-state index >= 15 is 0 Å². The second kappa shape index (κ2) is 7.60. The number of amides is 1. The molecule has 0 radical (unpaired) electrons. The quantitative estimate of drug-likeness (QED) is 0.844. The molecule has 0 saturated carbocycles. The van der Waals surface area contributed by atoms with E-state index in [9.17, 15) is 4.79 Å². The van der Waals surface area contributed by atoms with Gasteiger partial charge in [0.25, 0.3) is 5.91 Å². The first-order valence-corrected chi connectivity index (χ1v) is 9.37. The number of hydrogen-bond acceptors (Lipinski definition) is 5. The Labute approximate surface area is 153 Å². The summed E-state index contributed by atoms with van der Waals surface area (Å²) in [5.74, 6) is 1.05. The molecule has 0 spiro atoms. The van der Waals surface area contributed by atoms with Crippen molar-refractivity contribution in [2.75, 3.05) is 39.3 Å². The fourth-order valence-corrected chi connectivity index (χ4v) is 3.66. The van der Waals surface area contributed by atoms with Crippen LogP contribution in [-0.2, 0) is 4.74 Å². The molecule has 2 aliphatic heterocycles. The van der Waals surface area contributed by atoms with Crippen LogP contribution in [0.3, 0.4) is 0 Å². The number of nitrogens with zero attached hydrogens (tertiary/aromatic N) is 3. The molecule has 2 fully saturated rings. The van der Waals surface area contributed by atoms with Crippen LogP contribution in [0.4, 0.5) is 0 Å². The van der Waals surface area contributed by atoms with Crippen LogP contribution >= 0.6 is 0 Å². The summed E-state index contributed by atoms with van der Waals surface area (Å²) >= 11 is 0. The number of aromatic nitrogens is 1. The van der Waals surface area contributed by atoms with E-state index in [1.165, 1.54) is 0 Å². The lowest BCUT2D eigenvalue weighted by molar-refractivity contribution is 0.0429. The molecule has 6 heteroatoms. The second-order valence-corrected chi connectivity index (χ2v) is 7.02. The summed E-state index contributed by atoms with van der Waals surface area (Å²) in [6.07, 6.45) is 2.68. The molecule has 1 atom stereocenters. The van der Waals surface area contributed by atoms with Crippen molar-refractivity contribution in [3.05, 3.63) is 41.8 Å². The molecule has 138 valence electrons. The van der Waals surface area contributed by atoms with Crippen LogP contribution in [0.5, 0.6) is 0 Å². The molecule has 1 aromatic carbocycles. The first-order valence-electron chi connectivity index (χ1n) is 9.37. The van der Waals surface area contributed by atoms with Crippen molar-refractivity contribution in [3.8, 4) is 11.5 Å². The fraction of sp³-hybridized carbons (Fsp3) is 0.500. The number of carbonyl (C=O) groups is 1. The van der Waals surface area contributed by atoms with Gasteiger partial charge in [-0.25, -0.2) is 4.98 Å². The lowest BCUT2D eigenvalue weighted by Gasteiger charge is -2.35. The standard InChI is InChI=1S/C20H25N3O3/c1-15-18(21-19(26-15)16-6-3-2-4-7-16)20(24)23-11-9-22(10-12-23)14-17-8-5-13-25-17/h2-4,6-7,17H,5,8-14H2,1H3. The van der Waals surface area contributed by atoms with Gasteiger partial charge in [-0.1, -0.05) is 18.2 Å². The van der Waals surface area contributed by atoms with E-state index in [1.807, 2.05) is 35.2 Å². The summed E-state index contributed by atoms with van der Waals surface area (Å²) in [6, 6.07) is 9.68. The molecular formula is C20H25N3O3. The Kier molecular flexibility index (Phi) is 5.04. The summed E-state index contributed by atoms with van der Waals surface area (Å²) in [5.41, 5.74) is 1.31. The van der Waals surface area contributed by atoms with Crippen LogP contribution in [0.25, 0.3) is 11.5 Å². The third-order valence-electron chi connectivity index (χ3n) is 5.17. The van der Waals surface area contributed by atoms with Crippen LogP contribution in [0.15, 0.2) is 34.7 Å². The van der Waals surface area contributed by atoms with Crippen molar-refractivity contribution >= 4 is 5.91 Å². The SMILES string of the molecule is Cc1oc(-c2ccccc2)nc1C(=O)N1CCN(CC2CCCO2)CC1. The molecule has 0 N–H and O–H groups in total. The van der Waals surface area contributed by atoms with Gasteiger partial charge in [-0.3, -0.25) is 9.69 Å². The molecule has 2 aliphatic rings. The highest BCUT2D eigenvalue weighted by atomic mass is 16.5. The third kappa shape index (κ3) is 3.66. The molecule has 4 rings (SSSR count). The Balaban J connectivity index is 1.38. The molecule has 0 bridgehead atoms. The zero-order valence-corrected chi connectivity index (χ0v) is 15.2. The third-order valence-corrected chi connectivity index (χ3v) is 5.17. The lowest BCUT2D eigenvalue weighted by atomic mass is 10.2. The number of piperazine rings is 1. The van der Waals surface area contributed by atoms with E-state index in [0.717, 1.165) is 57.7 Å². The van der Waals surface area contributed by atoms with Crippen molar-refractivity contribution in [1.82, 2.24) is 14.8 Å². The van der Waals surface area contributed by atoms with Gasteiger partial charge in [0, 0.05) is 44.9 Å². The van der Waals surface area contributed by atoms with Crippen LogP contribution in [-0.4, -0.2) is 66.1 Å². The molecule has 0 aliphatic carbocycles. The number of hydrogen-bond donors (Lipinski definition) is 0. The van der Waals surface area contributed by atoms with Crippen LogP contribution in [0, 0.1) is 6.92 Å². The summed E-state index contributed by atoms with van der Waals surface area (Å²) in [5, 5.41) is 0. The fourth-order valence-electron chi connectivity index (χ4n) is 3.66.